The van der Waals surface area contributed by atoms with Crippen molar-refractivity contribution in [3.8, 4) is 50.6 Å². The molecule has 16 nitrogen and oxygen atoms in total. The Morgan fingerprint density at radius 3 is 1.58 bits per heavy atom. The summed E-state index contributed by atoms with van der Waals surface area (Å²) in [5, 5.41) is 8.53. The van der Waals surface area contributed by atoms with Crippen molar-refractivity contribution >= 4 is 72.4 Å². The van der Waals surface area contributed by atoms with Gasteiger partial charge in [-0.15, -0.1) is 0 Å². The van der Waals surface area contributed by atoms with Crippen LogP contribution < -0.4 is 30.6 Å². The van der Waals surface area contributed by atoms with E-state index in [1.807, 2.05) is 97.3 Å². The third-order valence-corrected chi connectivity index (χ3v) is 11.1. The number of nitrogens with one attached hydrogen (secondary N) is 4. The Hall–Kier alpha value is -8.57. The molecule has 0 aliphatic carbocycles. The standard InChI is InChI=1S/C21H17N5O2.C17H13BrN4O2.C11H11NO2/c1-27-18-5-4-13(14-6-8-28-11-14)9-17(18)26-21-19-15(16-3-2-7-22-16)10-23-20(19)24-12-25-21;1-23-14-3-2-10(11-4-5-24-8-11)6-13(14)22-17-15-12(18)7-19-16(15)20-9-21-17;1-13-11-3-2-8(6-10(11)12)9-4-5-14-7-9/h2-6,8-12H,7H2,1H3,(H2,23,24,25,26);2-9H,1H3,(H2,19,20,21,22);2-7H,12H2,1H3. The van der Waals surface area contributed by atoms with E-state index < -0.39 is 0 Å². The number of nitrogen functional groups attached to an aromatic ring is 1. The van der Waals surface area contributed by atoms with Gasteiger partial charge in [0.05, 0.1) is 99.0 Å². The highest BCUT2D eigenvalue weighted by Gasteiger charge is 2.18. The summed E-state index contributed by atoms with van der Waals surface area (Å²) in [5.41, 5.74) is 17.5. The lowest BCUT2D eigenvalue weighted by atomic mass is 10.1. The second-order valence-electron chi connectivity index (χ2n) is 14.4. The summed E-state index contributed by atoms with van der Waals surface area (Å²) < 4.78 is 32.3. The van der Waals surface area contributed by atoms with Gasteiger partial charge in [0.2, 0.25) is 0 Å². The molecule has 0 radical (unpaired) electrons. The normalized spacial score (nSPS) is 11.7. The lowest BCUT2D eigenvalue weighted by Crippen LogP contribution is -2.01. The van der Waals surface area contributed by atoms with Gasteiger partial charge in [-0.25, -0.2) is 19.9 Å². The summed E-state index contributed by atoms with van der Waals surface area (Å²) in [4.78, 5) is 28.2. The number of anilines is 5. The van der Waals surface area contributed by atoms with Crippen molar-refractivity contribution in [2.75, 3.05) is 44.2 Å². The summed E-state index contributed by atoms with van der Waals surface area (Å²) in [5.74, 6) is 3.51. The van der Waals surface area contributed by atoms with Gasteiger partial charge in [0.15, 0.2) is 0 Å². The van der Waals surface area contributed by atoms with E-state index in [9.17, 15) is 0 Å². The molecule has 3 aromatic carbocycles. The quantitative estimate of drug-likeness (QED) is 0.0765. The number of rotatable bonds is 11. The number of H-pyrrole nitrogens is 2. The van der Waals surface area contributed by atoms with E-state index in [-0.39, 0.29) is 0 Å². The maximum atomic E-state index is 5.78. The van der Waals surface area contributed by atoms with Crippen LogP contribution in [0.5, 0.6) is 17.2 Å². The largest absolute Gasteiger partial charge is 0.495 e. The molecule has 0 fully saturated rings. The molecule has 0 bridgehead atoms. The maximum absolute atomic E-state index is 5.78. The van der Waals surface area contributed by atoms with Crippen molar-refractivity contribution < 1.29 is 27.5 Å². The van der Waals surface area contributed by atoms with Gasteiger partial charge in [0, 0.05) is 39.1 Å². The number of nitrogens with zero attached hydrogens (tertiary/aromatic N) is 5. The number of ether oxygens (including phenoxy) is 3. The molecule has 1 aliphatic rings. The SMILES string of the molecule is COc1ccc(-c2ccoc2)cc1N.COc1ccc(-c2ccoc2)cc1Nc1ncnc2[nH]cc(Br)c12.COc1ccc(-c2ccoc2)cc1Nc1ncnc2[nH]cc(C3=NCC=C3)c12. The molecule has 11 rings (SSSR count). The van der Waals surface area contributed by atoms with E-state index in [2.05, 4.69) is 61.5 Å². The van der Waals surface area contributed by atoms with Crippen LogP contribution in [0.3, 0.4) is 0 Å². The van der Waals surface area contributed by atoms with Crippen LogP contribution in [0.4, 0.5) is 28.7 Å². The van der Waals surface area contributed by atoms with Crippen LogP contribution in [0, 0.1) is 0 Å². The van der Waals surface area contributed by atoms with Crippen LogP contribution in [-0.2, 0) is 0 Å². The molecule has 6 N–H and O–H groups in total. The van der Waals surface area contributed by atoms with Crippen molar-refractivity contribution in [2.24, 2.45) is 4.99 Å². The number of hydrogen-bond donors (Lipinski definition) is 5. The van der Waals surface area contributed by atoms with E-state index in [4.69, 9.17) is 33.2 Å². The Balaban J connectivity index is 0.000000131. The van der Waals surface area contributed by atoms with Gasteiger partial charge in [-0.3, -0.25) is 4.99 Å². The van der Waals surface area contributed by atoms with E-state index >= 15 is 0 Å². The van der Waals surface area contributed by atoms with Crippen LogP contribution in [0.1, 0.15) is 5.56 Å². The molecule has 330 valence electrons. The molecule has 0 saturated carbocycles. The summed E-state index contributed by atoms with van der Waals surface area (Å²) in [6.07, 6.45) is 20.9. The molecule has 0 saturated heterocycles. The van der Waals surface area contributed by atoms with E-state index in [1.54, 1.807) is 58.9 Å². The maximum Gasteiger partial charge on any atom is 0.144 e. The molecule has 0 amide bonds. The minimum atomic E-state index is 0.631. The third-order valence-electron chi connectivity index (χ3n) is 10.5. The second kappa shape index (κ2) is 19.4. The summed E-state index contributed by atoms with van der Waals surface area (Å²) >= 11 is 3.52. The molecule has 8 heterocycles. The lowest BCUT2D eigenvalue weighted by Gasteiger charge is -2.13. The number of aromatic nitrogens is 6. The predicted molar refractivity (Wildman–Crippen MR) is 259 cm³/mol. The number of aliphatic imine (C=N–C) groups is 1. The number of hydrogen-bond acceptors (Lipinski definition) is 14. The Morgan fingerprint density at radius 1 is 0.591 bits per heavy atom. The summed E-state index contributed by atoms with van der Waals surface area (Å²) in [6.45, 7) is 0.693. The van der Waals surface area contributed by atoms with Crippen LogP contribution in [0.25, 0.3) is 55.4 Å². The highest BCUT2D eigenvalue weighted by Crippen LogP contribution is 2.37. The zero-order valence-electron chi connectivity index (χ0n) is 35.7. The number of nitrogens with two attached hydrogens (primary N) is 1. The molecule has 0 atom stereocenters. The first-order chi connectivity index (χ1) is 32.4. The number of fused-ring (bicyclic) bond motifs is 2. The van der Waals surface area contributed by atoms with E-state index in [0.29, 0.717) is 35.4 Å². The fourth-order valence-electron chi connectivity index (χ4n) is 7.25. The number of aromatic amines is 2. The average molecular weight is 946 g/mol. The molecule has 17 heteroatoms. The Labute approximate surface area is 385 Å². The van der Waals surface area contributed by atoms with Gasteiger partial charge in [-0.1, -0.05) is 24.3 Å². The molecule has 0 unspecified atom stereocenters. The van der Waals surface area contributed by atoms with Gasteiger partial charge in [-0.05, 0) is 93.3 Å². The summed E-state index contributed by atoms with van der Waals surface area (Å²) in [7, 11) is 4.89. The smallest absolute Gasteiger partial charge is 0.144 e. The van der Waals surface area contributed by atoms with E-state index in [0.717, 1.165) is 88.3 Å². The van der Waals surface area contributed by atoms with Crippen LogP contribution in [-0.4, -0.2) is 63.5 Å². The van der Waals surface area contributed by atoms with Crippen molar-refractivity contribution in [3.05, 3.63) is 158 Å². The second-order valence-corrected chi connectivity index (χ2v) is 15.3. The van der Waals surface area contributed by atoms with Crippen LogP contribution in [0.15, 0.2) is 170 Å². The Kier molecular flexibility index (Phi) is 12.6. The van der Waals surface area contributed by atoms with Gasteiger partial charge < -0.3 is 53.8 Å². The first-order valence-electron chi connectivity index (χ1n) is 20.3. The topological polar surface area (TPSA) is 213 Å². The first-order valence-corrected chi connectivity index (χ1v) is 21.1. The minimum Gasteiger partial charge on any atom is -0.495 e. The molecule has 0 spiro atoms. The van der Waals surface area contributed by atoms with Gasteiger partial charge in [-0.2, -0.15) is 0 Å². The van der Waals surface area contributed by atoms with Gasteiger partial charge in [0.25, 0.3) is 0 Å². The molecule has 1 aliphatic heterocycles. The average Bonchev–Trinajstić information content (AvgIpc) is 4.21. The Morgan fingerprint density at radius 2 is 1.09 bits per heavy atom. The lowest BCUT2D eigenvalue weighted by molar-refractivity contribution is 0.417. The molecule has 66 heavy (non-hydrogen) atoms. The number of methoxy groups -OCH3 is 3. The molecular weight excluding hydrogens is 905 g/mol. The number of benzene rings is 3. The van der Waals surface area contributed by atoms with Crippen molar-refractivity contribution in [1.29, 1.82) is 0 Å². The highest BCUT2D eigenvalue weighted by molar-refractivity contribution is 9.10. The fraction of sp³-hybridized carbons (Fsp3) is 0.0816. The van der Waals surface area contributed by atoms with Crippen LogP contribution in [0.2, 0.25) is 0 Å². The van der Waals surface area contributed by atoms with Crippen molar-refractivity contribution in [2.45, 2.75) is 0 Å². The number of furan rings is 3. The third kappa shape index (κ3) is 9.09. The number of allylic oxidation sites excluding steroid dienone is 1. The number of halogens is 1. The zero-order chi connectivity index (χ0) is 45.4. The molecule has 7 aromatic heterocycles. The molecule has 10 aromatic rings. The zero-order valence-corrected chi connectivity index (χ0v) is 37.3. The first kappa shape index (κ1) is 42.7. The van der Waals surface area contributed by atoms with Crippen molar-refractivity contribution in [3.63, 3.8) is 0 Å². The predicted octanol–water partition coefficient (Wildman–Crippen LogP) is 11.6. The Bertz CT molecular complexity index is 3290. The van der Waals surface area contributed by atoms with Gasteiger partial charge in [0.1, 0.15) is 52.8 Å². The van der Waals surface area contributed by atoms with Crippen molar-refractivity contribution in [1.82, 2.24) is 29.9 Å². The summed E-state index contributed by atoms with van der Waals surface area (Å²) in [6, 6.07) is 23.2. The highest BCUT2D eigenvalue weighted by atomic mass is 79.9. The minimum absolute atomic E-state index is 0.631. The van der Waals surface area contributed by atoms with Gasteiger partial charge >= 0.3 is 0 Å². The van der Waals surface area contributed by atoms with E-state index in [1.165, 1.54) is 12.7 Å². The molecular formula is C49H41BrN10O6. The fourth-order valence-corrected chi connectivity index (χ4v) is 7.74. The van der Waals surface area contributed by atoms with Crippen LogP contribution >= 0.6 is 15.9 Å². The monoisotopic (exact) mass is 944 g/mol.